The fourth-order valence-electron chi connectivity index (χ4n) is 2.49. The first-order valence-corrected chi connectivity index (χ1v) is 7.26. The van der Waals surface area contributed by atoms with E-state index in [2.05, 4.69) is 13.8 Å². The van der Waals surface area contributed by atoms with Crippen LogP contribution in [0.5, 0.6) is 0 Å². The molecule has 1 aliphatic carbocycles. The lowest BCUT2D eigenvalue weighted by Gasteiger charge is -2.22. The molecule has 1 aliphatic heterocycles. The fourth-order valence-corrected chi connectivity index (χ4v) is 2.73. The van der Waals surface area contributed by atoms with Gasteiger partial charge in [0.05, 0.1) is 0 Å². The fraction of sp³-hybridized carbons (Fsp3) is 1.00. The lowest BCUT2D eigenvalue weighted by molar-refractivity contribution is 0.246. The second-order valence-corrected chi connectivity index (χ2v) is 5.77. The summed E-state index contributed by atoms with van der Waals surface area (Å²) >= 11 is 0. The number of rotatable bonds is 3. The summed E-state index contributed by atoms with van der Waals surface area (Å²) in [5, 5.41) is 0. The van der Waals surface area contributed by atoms with E-state index in [9.17, 15) is 0 Å². The first-order chi connectivity index (χ1) is 7.38. The molecule has 0 aromatic rings. The number of hydrogen-bond donors (Lipinski definition) is 0. The van der Waals surface area contributed by atoms with Crippen LogP contribution >= 0.6 is 0 Å². The molecule has 2 fully saturated rings. The van der Waals surface area contributed by atoms with Crippen LogP contribution in [0.1, 0.15) is 38.5 Å². The lowest BCUT2D eigenvalue weighted by atomic mass is 10.2. The van der Waals surface area contributed by atoms with E-state index in [1.807, 2.05) is 0 Å². The Hall–Kier alpha value is 0.0969. The van der Waals surface area contributed by atoms with Gasteiger partial charge in [-0.2, -0.15) is 0 Å². The summed E-state index contributed by atoms with van der Waals surface area (Å²) < 4.78 is 9.22. The van der Waals surface area contributed by atoms with Crippen LogP contribution < -0.4 is 0 Å². The van der Waals surface area contributed by atoms with Gasteiger partial charge in [0, 0.05) is 20.3 Å². The Bertz CT molecular complexity index is 130. The summed E-state index contributed by atoms with van der Waals surface area (Å²) in [6.45, 7) is 2.79. The van der Waals surface area contributed by atoms with Crippen molar-refractivity contribution in [3.8, 4) is 0 Å². The van der Waals surface area contributed by atoms with Crippen molar-refractivity contribution >= 4 is 10.0 Å². The second kappa shape index (κ2) is 8.27. The molecular formula is C11H25NO2Si. The summed E-state index contributed by atoms with van der Waals surface area (Å²) in [4.78, 5) is 2.70. The zero-order valence-electron chi connectivity index (χ0n) is 10.2. The van der Waals surface area contributed by atoms with Crippen molar-refractivity contribution in [1.29, 1.82) is 0 Å². The maximum absolute atomic E-state index is 4.61. The molecule has 15 heavy (non-hydrogen) atoms. The van der Waals surface area contributed by atoms with Gasteiger partial charge in [0.25, 0.3) is 0 Å². The van der Waals surface area contributed by atoms with E-state index in [0.29, 0.717) is 0 Å². The normalized spacial score (nSPS) is 22.8. The number of hydrogen-bond acceptors (Lipinski definition) is 3. The van der Waals surface area contributed by atoms with E-state index in [0.717, 1.165) is 6.04 Å². The highest BCUT2D eigenvalue weighted by molar-refractivity contribution is 6.17. The van der Waals surface area contributed by atoms with Gasteiger partial charge in [-0.3, -0.25) is 0 Å². The summed E-state index contributed by atoms with van der Waals surface area (Å²) in [6.07, 6.45) is 8.86. The molecule has 0 atom stereocenters. The van der Waals surface area contributed by atoms with Gasteiger partial charge >= 0.3 is 10.0 Å². The molecule has 0 aromatic heterocycles. The Morgan fingerprint density at radius 3 is 1.87 bits per heavy atom. The highest BCUT2D eigenvalue weighted by Gasteiger charge is 2.24. The topological polar surface area (TPSA) is 21.7 Å². The van der Waals surface area contributed by atoms with Gasteiger partial charge in [0.15, 0.2) is 0 Å². The zero-order valence-corrected chi connectivity index (χ0v) is 11.6. The molecule has 90 valence electrons. The third-order valence-electron chi connectivity index (χ3n) is 3.22. The third-order valence-corrected chi connectivity index (χ3v) is 3.69. The van der Waals surface area contributed by atoms with Crippen LogP contribution in [0.25, 0.3) is 0 Å². The first kappa shape index (κ1) is 13.2. The van der Waals surface area contributed by atoms with E-state index in [-0.39, 0.29) is 0 Å². The van der Waals surface area contributed by atoms with Gasteiger partial charge in [0.1, 0.15) is 0 Å². The van der Waals surface area contributed by atoms with Crippen LogP contribution in [0, 0.1) is 0 Å². The van der Waals surface area contributed by atoms with Crippen LogP contribution in [0.2, 0.25) is 0 Å². The molecule has 0 amide bonds. The van der Waals surface area contributed by atoms with Crippen molar-refractivity contribution < 1.29 is 8.85 Å². The quantitative estimate of drug-likeness (QED) is 0.684. The van der Waals surface area contributed by atoms with Crippen LogP contribution in [-0.2, 0) is 8.85 Å². The van der Waals surface area contributed by atoms with Crippen molar-refractivity contribution in [2.45, 2.75) is 44.6 Å². The minimum atomic E-state index is -0.568. The highest BCUT2D eigenvalue weighted by atomic mass is 28.3. The van der Waals surface area contributed by atoms with Crippen molar-refractivity contribution in [2.24, 2.45) is 0 Å². The molecule has 2 rings (SSSR count). The van der Waals surface area contributed by atoms with Crippen molar-refractivity contribution in [3.63, 3.8) is 0 Å². The van der Waals surface area contributed by atoms with Crippen molar-refractivity contribution in [2.75, 3.05) is 27.3 Å². The maximum Gasteiger partial charge on any atom is 0.303 e. The maximum atomic E-state index is 4.61. The molecule has 2 aliphatic rings. The van der Waals surface area contributed by atoms with Crippen molar-refractivity contribution in [3.05, 3.63) is 0 Å². The van der Waals surface area contributed by atoms with Gasteiger partial charge in [-0.05, 0) is 38.8 Å². The molecule has 1 saturated heterocycles. The largest absolute Gasteiger partial charge is 0.402 e. The molecule has 1 saturated carbocycles. The van der Waals surface area contributed by atoms with Gasteiger partial charge in [-0.1, -0.05) is 12.8 Å². The molecular weight excluding hydrogens is 206 g/mol. The Balaban J connectivity index is 0.000000195. The standard InChI is InChI=1S/C9H17N.C2H8O2Si/c1-2-6-9(5-1)10-7-3-4-8-10;1-3-5-4-2/h9H,1-8H2;5H2,1-2H3. The molecule has 3 nitrogen and oxygen atoms in total. The van der Waals surface area contributed by atoms with Gasteiger partial charge in [-0.25, -0.2) is 0 Å². The Morgan fingerprint density at radius 2 is 1.47 bits per heavy atom. The van der Waals surface area contributed by atoms with Crippen molar-refractivity contribution in [1.82, 2.24) is 4.90 Å². The molecule has 1 heterocycles. The van der Waals surface area contributed by atoms with Crippen LogP contribution in [-0.4, -0.2) is 48.3 Å². The number of nitrogens with zero attached hydrogens (tertiary/aromatic N) is 1. The Morgan fingerprint density at radius 1 is 0.933 bits per heavy atom. The third kappa shape index (κ3) is 5.11. The minimum Gasteiger partial charge on any atom is -0.402 e. The van der Waals surface area contributed by atoms with E-state index >= 15 is 0 Å². The molecule has 0 aromatic carbocycles. The van der Waals surface area contributed by atoms with Gasteiger partial charge in [0.2, 0.25) is 0 Å². The molecule has 0 bridgehead atoms. The lowest BCUT2D eigenvalue weighted by Crippen LogP contribution is -2.29. The summed E-state index contributed by atoms with van der Waals surface area (Å²) in [5.74, 6) is 0. The predicted octanol–water partition coefficient (Wildman–Crippen LogP) is 1.30. The van der Waals surface area contributed by atoms with E-state index in [1.54, 1.807) is 14.2 Å². The van der Waals surface area contributed by atoms with E-state index in [1.165, 1.54) is 51.6 Å². The molecule has 0 radical (unpaired) electrons. The van der Waals surface area contributed by atoms with Crippen LogP contribution in [0.15, 0.2) is 0 Å². The molecule has 4 heteroatoms. The second-order valence-electron chi connectivity index (χ2n) is 4.38. The summed E-state index contributed by atoms with van der Waals surface area (Å²) in [5.41, 5.74) is 0. The van der Waals surface area contributed by atoms with Crippen LogP contribution in [0.3, 0.4) is 0 Å². The average Bonchev–Trinajstić information content (AvgIpc) is 2.93. The summed E-state index contributed by atoms with van der Waals surface area (Å²) in [6, 6.07) is 0.988. The summed E-state index contributed by atoms with van der Waals surface area (Å²) in [7, 11) is 2.73. The van der Waals surface area contributed by atoms with E-state index in [4.69, 9.17) is 0 Å². The highest BCUT2D eigenvalue weighted by Crippen LogP contribution is 2.25. The Kier molecular flexibility index (Phi) is 7.26. The number of likely N-dealkylation sites (tertiary alicyclic amines) is 1. The first-order valence-electron chi connectivity index (χ1n) is 6.10. The van der Waals surface area contributed by atoms with Crippen LogP contribution in [0.4, 0.5) is 0 Å². The SMILES string of the molecule is C1CCC(N2CCCC2)C1.CO[SiH2]OC. The average molecular weight is 231 g/mol. The molecule has 0 spiro atoms. The predicted molar refractivity (Wildman–Crippen MR) is 65.6 cm³/mol. The molecule has 0 N–H and O–H groups in total. The van der Waals surface area contributed by atoms with Gasteiger partial charge in [-0.15, -0.1) is 0 Å². The zero-order chi connectivity index (χ0) is 10.9. The smallest absolute Gasteiger partial charge is 0.303 e. The molecule has 0 unspecified atom stereocenters. The van der Waals surface area contributed by atoms with Gasteiger partial charge < -0.3 is 13.8 Å². The van der Waals surface area contributed by atoms with E-state index < -0.39 is 10.0 Å². The Labute approximate surface area is 96.2 Å². The minimum absolute atomic E-state index is 0.568. The monoisotopic (exact) mass is 231 g/mol.